The lowest BCUT2D eigenvalue weighted by molar-refractivity contribution is -0.386. The molecule has 24 heavy (non-hydrogen) atoms. The second kappa shape index (κ2) is 7.94. The second-order valence-electron chi connectivity index (χ2n) is 7.29. The van der Waals surface area contributed by atoms with Gasteiger partial charge in [0.25, 0.3) is 11.6 Å². The van der Waals surface area contributed by atoms with Crippen LogP contribution in [0.4, 0.5) is 5.69 Å². The number of nitro groups is 1. The molecule has 0 spiro atoms. The highest BCUT2D eigenvalue weighted by Crippen LogP contribution is 2.31. The van der Waals surface area contributed by atoms with Crippen molar-refractivity contribution in [3.63, 3.8) is 0 Å². The van der Waals surface area contributed by atoms with Gasteiger partial charge in [-0.15, -0.1) is 12.4 Å². The first-order valence-electron chi connectivity index (χ1n) is 8.00. The molecule has 2 atom stereocenters. The Balaban J connectivity index is 0.00000288. The summed E-state index contributed by atoms with van der Waals surface area (Å²) in [5.41, 5.74) is 0.619. The number of rotatable bonds is 3. The number of halogens is 1. The number of nitrogens with one attached hydrogen (secondary N) is 2. The molecule has 0 saturated carbocycles. The summed E-state index contributed by atoms with van der Waals surface area (Å²) in [5, 5.41) is 17.6. The Kier molecular flexibility index (Phi) is 6.75. The number of piperidine rings is 1. The van der Waals surface area contributed by atoms with Gasteiger partial charge in [0, 0.05) is 29.8 Å². The Morgan fingerprint density at radius 2 is 2.04 bits per heavy atom. The van der Waals surface area contributed by atoms with E-state index >= 15 is 0 Å². The maximum Gasteiger partial charge on any atom is 0.273 e. The van der Waals surface area contributed by atoms with Gasteiger partial charge in [0.15, 0.2) is 0 Å². The van der Waals surface area contributed by atoms with E-state index in [0.29, 0.717) is 17.0 Å². The predicted octanol–water partition coefficient (Wildman–Crippen LogP) is 3.04. The van der Waals surface area contributed by atoms with Crippen LogP contribution in [0, 0.1) is 16.0 Å². The number of nitrogens with zero attached hydrogens (tertiary/aromatic N) is 1. The number of amides is 1. The van der Waals surface area contributed by atoms with Crippen molar-refractivity contribution in [2.75, 3.05) is 13.1 Å². The molecule has 1 aliphatic heterocycles. The largest absolute Gasteiger partial charge is 0.348 e. The van der Waals surface area contributed by atoms with E-state index in [2.05, 4.69) is 17.6 Å². The number of benzene rings is 1. The van der Waals surface area contributed by atoms with Crippen LogP contribution in [0.2, 0.25) is 0 Å². The third-order valence-electron chi connectivity index (χ3n) is 4.41. The van der Waals surface area contributed by atoms with Crippen molar-refractivity contribution < 1.29 is 9.72 Å². The van der Waals surface area contributed by atoms with E-state index in [9.17, 15) is 14.9 Å². The van der Waals surface area contributed by atoms with Gasteiger partial charge in [0.05, 0.1) is 4.92 Å². The highest BCUT2D eigenvalue weighted by Gasteiger charge is 2.27. The summed E-state index contributed by atoms with van der Waals surface area (Å²) in [4.78, 5) is 23.4. The van der Waals surface area contributed by atoms with Gasteiger partial charge in [-0.2, -0.15) is 0 Å². The van der Waals surface area contributed by atoms with Crippen LogP contribution in [-0.4, -0.2) is 30.0 Å². The Morgan fingerprint density at radius 3 is 2.58 bits per heavy atom. The third kappa shape index (κ3) is 4.68. The van der Waals surface area contributed by atoms with Gasteiger partial charge in [-0.25, -0.2) is 0 Å². The van der Waals surface area contributed by atoms with Gasteiger partial charge >= 0.3 is 0 Å². The molecule has 2 rings (SSSR count). The summed E-state index contributed by atoms with van der Waals surface area (Å²) in [6.45, 7) is 9.56. The Hall–Kier alpha value is -1.66. The van der Waals surface area contributed by atoms with Gasteiger partial charge in [-0.3, -0.25) is 14.9 Å². The van der Waals surface area contributed by atoms with Crippen molar-refractivity contribution in [2.45, 2.75) is 45.6 Å². The summed E-state index contributed by atoms with van der Waals surface area (Å²) < 4.78 is 0. The maximum atomic E-state index is 12.4. The minimum Gasteiger partial charge on any atom is -0.348 e. The molecule has 1 fully saturated rings. The van der Waals surface area contributed by atoms with Crippen LogP contribution in [0.15, 0.2) is 18.2 Å². The molecule has 2 unspecified atom stereocenters. The Morgan fingerprint density at radius 1 is 1.38 bits per heavy atom. The fourth-order valence-electron chi connectivity index (χ4n) is 2.89. The van der Waals surface area contributed by atoms with E-state index in [0.717, 1.165) is 19.5 Å². The molecule has 7 heteroatoms. The lowest BCUT2D eigenvalue weighted by Crippen LogP contribution is -2.50. The molecule has 0 radical (unpaired) electrons. The average Bonchev–Trinajstić information content (AvgIpc) is 2.48. The molecule has 1 saturated heterocycles. The van der Waals surface area contributed by atoms with E-state index < -0.39 is 4.92 Å². The van der Waals surface area contributed by atoms with E-state index in [-0.39, 0.29) is 35.5 Å². The number of carbonyl (C=O) groups is 1. The topological polar surface area (TPSA) is 84.3 Å². The van der Waals surface area contributed by atoms with Crippen LogP contribution in [-0.2, 0) is 5.41 Å². The fraction of sp³-hybridized carbons (Fsp3) is 0.588. The summed E-state index contributed by atoms with van der Waals surface area (Å²) in [5.74, 6) is 0.137. The minimum atomic E-state index is -0.415. The molecule has 6 nitrogen and oxygen atoms in total. The molecule has 1 amide bonds. The summed E-state index contributed by atoms with van der Waals surface area (Å²) in [7, 11) is 0. The molecule has 1 heterocycles. The first-order chi connectivity index (χ1) is 10.7. The predicted molar refractivity (Wildman–Crippen MR) is 96.9 cm³/mol. The molecule has 0 aromatic heterocycles. The molecule has 1 aromatic carbocycles. The summed E-state index contributed by atoms with van der Waals surface area (Å²) in [6, 6.07) is 4.80. The molecule has 1 aromatic rings. The van der Waals surface area contributed by atoms with E-state index in [1.165, 1.54) is 6.07 Å². The number of hydrogen-bond donors (Lipinski definition) is 2. The maximum absolute atomic E-state index is 12.4. The van der Waals surface area contributed by atoms with Crippen LogP contribution >= 0.6 is 12.4 Å². The highest BCUT2D eigenvalue weighted by atomic mass is 35.5. The number of carbonyl (C=O) groups excluding carboxylic acids is 1. The smallest absolute Gasteiger partial charge is 0.273 e. The normalized spacial score (nSPS) is 20.8. The SMILES string of the molecule is CC1CCNCC1NC(=O)c1ccc(C(C)(C)C)c([N+](=O)[O-])c1.Cl. The summed E-state index contributed by atoms with van der Waals surface area (Å²) >= 11 is 0. The first-order valence-corrected chi connectivity index (χ1v) is 8.00. The molecule has 0 bridgehead atoms. The standard InChI is InChI=1S/C17H25N3O3.ClH/c1-11-7-8-18-10-14(11)19-16(21)12-5-6-13(17(2,3)4)15(9-12)20(22)23;/h5-6,9,11,14,18H,7-8,10H2,1-4H3,(H,19,21);1H. The second-order valence-corrected chi connectivity index (χ2v) is 7.29. The highest BCUT2D eigenvalue weighted by molar-refractivity contribution is 5.95. The molecular formula is C17H26ClN3O3. The quantitative estimate of drug-likeness (QED) is 0.644. The Bertz CT molecular complexity index is 614. The van der Waals surface area contributed by atoms with Crippen molar-refractivity contribution in [1.82, 2.24) is 10.6 Å². The lowest BCUT2D eigenvalue weighted by atomic mass is 9.85. The van der Waals surface area contributed by atoms with Crippen molar-refractivity contribution in [1.29, 1.82) is 0 Å². The number of nitro benzene ring substituents is 1. The van der Waals surface area contributed by atoms with E-state index in [1.54, 1.807) is 12.1 Å². The zero-order valence-electron chi connectivity index (χ0n) is 14.6. The molecule has 2 N–H and O–H groups in total. The number of hydrogen-bond acceptors (Lipinski definition) is 4. The van der Waals surface area contributed by atoms with Crippen molar-refractivity contribution in [3.05, 3.63) is 39.4 Å². The van der Waals surface area contributed by atoms with E-state index in [1.807, 2.05) is 20.8 Å². The molecular weight excluding hydrogens is 330 g/mol. The molecule has 0 aliphatic carbocycles. The third-order valence-corrected chi connectivity index (χ3v) is 4.41. The van der Waals surface area contributed by atoms with Gasteiger partial charge in [0.2, 0.25) is 0 Å². The summed E-state index contributed by atoms with van der Waals surface area (Å²) in [6.07, 6.45) is 1.01. The monoisotopic (exact) mass is 355 g/mol. The minimum absolute atomic E-state index is 0. The molecule has 134 valence electrons. The van der Waals surface area contributed by atoms with Crippen molar-refractivity contribution in [2.24, 2.45) is 5.92 Å². The lowest BCUT2D eigenvalue weighted by Gasteiger charge is -2.30. The van der Waals surface area contributed by atoms with Crippen LogP contribution in [0.25, 0.3) is 0 Å². The van der Waals surface area contributed by atoms with Gasteiger partial charge < -0.3 is 10.6 Å². The zero-order chi connectivity index (χ0) is 17.2. The fourth-order valence-corrected chi connectivity index (χ4v) is 2.89. The van der Waals surface area contributed by atoms with Crippen LogP contribution in [0.5, 0.6) is 0 Å². The van der Waals surface area contributed by atoms with Crippen molar-refractivity contribution >= 4 is 24.0 Å². The van der Waals surface area contributed by atoms with Crippen LogP contribution in [0.1, 0.15) is 50.0 Å². The van der Waals surface area contributed by atoms with Crippen LogP contribution in [0.3, 0.4) is 0 Å². The Labute approximate surface area is 149 Å². The zero-order valence-corrected chi connectivity index (χ0v) is 15.4. The van der Waals surface area contributed by atoms with Crippen LogP contribution < -0.4 is 10.6 Å². The average molecular weight is 356 g/mol. The first kappa shape index (κ1) is 20.4. The van der Waals surface area contributed by atoms with Crippen molar-refractivity contribution in [3.8, 4) is 0 Å². The van der Waals surface area contributed by atoms with E-state index in [4.69, 9.17) is 0 Å². The van der Waals surface area contributed by atoms with Gasteiger partial charge in [0.1, 0.15) is 0 Å². The van der Waals surface area contributed by atoms with Gasteiger partial charge in [-0.05, 0) is 30.4 Å². The van der Waals surface area contributed by atoms with Gasteiger partial charge in [-0.1, -0.05) is 33.8 Å². The molecule has 1 aliphatic rings.